The van der Waals surface area contributed by atoms with Crippen LogP contribution in [0.4, 0.5) is 25.0 Å². The van der Waals surface area contributed by atoms with Gasteiger partial charge in [0.15, 0.2) is 0 Å². The average molecular weight is 411 g/mol. The van der Waals surface area contributed by atoms with Crippen molar-refractivity contribution in [2.75, 3.05) is 17.7 Å². The van der Waals surface area contributed by atoms with E-state index in [0.29, 0.717) is 17.0 Å². The molecular weight excluding hydrogens is 392 g/mol. The van der Waals surface area contributed by atoms with E-state index in [1.165, 1.54) is 0 Å². The van der Waals surface area contributed by atoms with Crippen LogP contribution in [0.25, 0.3) is 0 Å². The molecule has 0 bridgehead atoms. The van der Waals surface area contributed by atoms with E-state index in [0.717, 1.165) is 23.8 Å². The van der Waals surface area contributed by atoms with Gasteiger partial charge >= 0.3 is 6.03 Å². The van der Waals surface area contributed by atoms with Gasteiger partial charge in [-0.15, -0.1) is 0 Å². The number of carbonyl (C=O) groups is 2. The van der Waals surface area contributed by atoms with Gasteiger partial charge in [0.1, 0.15) is 24.0 Å². The molecule has 0 fully saturated rings. The average Bonchev–Trinajstić information content (AvgIpc) is 2.71. The zero-order valence-electron chi connectivity index (χ0n) is 16.0. The molecule has 154 valence electrons. The lowest BCUT2D eigenvalue weighted by molar-refractivity contribution is 0.0963. The topological polar surface area (TPSA) is 79.5 Å². The molecule has 0 spiro atoms. The largest absolute Gasteiger partial charge is 0.489 e. The van der Waals surface area contributed by atoms with Gasteiger partial charge in [0, 0.05) is 30.1 Å². The summed E-state index contributed by atoms with van der Waals surface area (Å²) in [6.07, 6.45) is 0. The van der Waals surface area contributed by atoms with E-state index in [2.05, 4.69) is 16.0 Å². The van der Waals surface area contributed by atoms with Crippen molar-refractivity contribution in [2.45, 2.75) is 6.61 Å². The van der Waals surface area contributed by atoms with E-state index in [1.807, 2.05) is 6.07 Å². The van der Waals surface area contributed by atoms with Crippen molar-refractivity contribution in [3.8, 4) is 5.75 Å². The third kappa shape index (κ3) is 5.78. The SMILES string of the molecule is CNC(=O)c1ccc(OCc2cccc(NC(=O)Nc3cc(F)cc(F)c3)c2)cc1. The van der Waals surface area contributed by atoms with Crippen LogP contribution < -0.4 is 20.7 Å². The first-order valence-electron chi connectivity index (χ1n) is 9.01. The molecule has 0 heterocycles. The Morgan fingerprint density at radius 1 is 0.867 bits per heavy atom. The van der Waals surface area contributed by atoms with Crippen LogP contribution in [0.15, 0.2) is 66.7 Å². The van der Waals surface area contributed by atoms with Gasteiger partial charge in [0.25, 0.3) is 5.91 Å². The highest BCUT2D eigenvalue weighted by atomic mass is 19.1. The van der Waals surface area contributed by atoms with Crippen molar-refractivity contribution in [1.82, 2.24) is 5.32 Å². The van der Waals surface area contributed by atoms with Crippen molar-refractivity contribution in [3.05, 3.63) is 89.5 Å². The van der Waals surface area contributed by atoms with E-state index in [4.69, 9.17) is 4.74 Å². The number of hydrogen-bond donors (Lipinski definition) is 3. The maximum atomic E-state index is 13.2. The Balaban J connectivity index is 1.57. The molecule has 0 atom stereocenters. The molecule has 0 radical (unpaired) electrons. The van der Waals surface area contributed by atoms with Gasteiger partial charge in [0.2, 0.25) is 0 Å². The number of halogens is 2. The number of rotatable bonds is 6. The lowest BCUT2D eigenvalue weighted by Gasteiger charge is -2.10. The Bertz CT molecular complexity index is 1040. The molecule has 0 aliphatic rings. The molecule has 0 aliphatic carbocycles. The molecule has 3 aromatic rings. The molecule has 0 saturated heterocycles. The summed E-state index contributed by atoms with van der Waals surface area (Å²) in [5.74, 6) is -1.16. The predicted molar refractivity (Wildman–Crippen MR) is 110 cm³/mol. The fraction of sp³-hybridized carbons (Fsp3) is 0.0909. The van der Waals surface area contributed by atoms with Crippen molar-refractivity contribution in [1.29, 1.82) is 0 Å². The number of anilines is 2. The molecule has 0 saturated carbocycles. The molecule has 0 aliphatic heterocycles. The molecule has 3 rings (SSSR count). The minimum absolute atomic E-state index is 0.00434. The first kappa shape index (κ1) is 20.8. The van der Waals surface area contributed by atoms with Crippen LogP contribution in [0.2, 0.25) is 0 Å². The summed E-state index contributed by atoms with van der Waals surface area (Å²) < 4.78 is 32.1. The van der Waals surface area contributed by atoms with Crippen LogP contribution in [0.5, 0.6) is 5.75 Å². The second-order valence-corrected chi connectivity index (χ2v) is 6.33. The first-order chi connectivity index (χ1) is 14.4. The third-order valence-corrected chi connectivity index (χ3v) is 4.05. The second-order valence-electron chi connectivity index (χ2n) is 6.33. The van der Waals surface area contributed by atoms with Gasteiger partial charge in [-0.2, -0.15) is 0 Å². The van der Waals surface area contributed by atoms with Gasteiger partial charge in [-0.1, -0.05) is 12.1 Å². The van der Waals surface area contributed by atoms with Crippen molar-refractivity contribution in [2.24, 2.45) is 0 Å². The molecule has 8 heteroatoms. The van der Waals surface area contributed by atoms with E-state index in [9.17, 15) is 18.4 Å². The first-order valence-corrected chi connectivity index (χ1v) is 9.01. The molecule has 3 N–H and O–H groups in total. The van der Waals surface area contributed by atoms with Crippen LogP contribution in [0.3, 0.4) is 0 Å². The molecule has 3 amide bonds. The van der Waals surface area contributed by atoms with Gasteiger partial charge in [-0.05, 0) is 54.1 Å². The number of benzene rings is 3. The van der Waals surface area contributed by atoms with Gasteiger partial charge in [0.05, 0.1) is 0 Å². The summed E-state index contributed by atoms with van der Waals surface area (Å²) in [5, 5.41) is 7.52. The molecule has 3 aromatic carbocycles. The zero-order chi connectivity index (χ0) is 21.5. The number of carbonyl (C=O) groups excluding carboxylic acids is 2. The summed E-state index contributed by atoms with van der Waals surface area (Å²) in [5.41, 5.74) is 1.81. The lowest BCUT2D eigenvalue weighted by Crippen LogP contribution is -2.19. The van der Waals surface area contributed by atoms with Crippen LogP contribution in [-0.2, 0) is 6.61 Å². The van der Waals surface area contributed by atoms with E-state index in [1.54, 1.807) is 49.5 Å². The molecule has 0 unspecified atom stereocenters. The Morgan fingerprint density at radius 2 is 1.53 bits per heavy atom. The standard InChI is InChI=1S/C22H19F2N3O3/c1-25-21(28)15-5-7-20(8-6-15)30-13-14-3-2-4-18(9-14)26-22(29)27-19-11-16(23)10-17(24)12-19/h2-12H,13H2,1H3,(H,25,28)(H2,26,27,29). The minimum atomic E-state index is -0.784. The normalized spacial score (nSPS) is 10.2. The summed E-state index contributed by atoms with van der Waals surface area (Å²) in [6.45, 7) is 0.242. The van der Waals surface area contributed by atoms with Gasteiger partial charge in [-0.25, -0.2) is 13.6 Å². The number of ether oxygens (including phenoxy) is 1. The molecule has 0 aromatic heterocycles. The van der Waals surface area contributed by atoms with Crippen LogP contribution in [0.1, 0.15) is 15.9 Å². The van der Waals surface area contributed by atoms with Crippen molar-refractivity contribution < 1.29 is 23.1 Å². The highest BCUT2D eigenvalue weighted by Crippen LogP contribution is 2.17. The maximum Gasteiger partial charge on any atom is 0.323 e. The highest BCUT2D eigenvalue weighted by Gasteiger charge is 2.07. The molecule has 30 heavy (non-hydrogen) atoms. The van der Waals surface area contributed by atoms with Gasteiger partial charge < -0.3 is 20.7 Å². The highest BCUT2D eigenvalue weighted by molar-refractivity contribution is 5.99. The summed E-state index contributed by atoms with van der Waals surface area (Å²) in [7, 11) is 1.56. The summed E-state index contributed by atoms with van der Waals surface area (Å²) in [4.78, 5) is 23.6. The Kier molecular flexibility index (Phi) is 6.59. The fourth-order valence-electron chi connectivity index (χ4n) is 2.67. The van der Waals surface area contributed by atoms with E-state index < -0.39 is 17.7 Å². The lowest BCUT2D eigenvalue weighted by atomic mass is 10.2. The smallest absolute Gasteiger partial charge is 0.323 e. The van der Waals surface area contributed by atoms with Crippen molar-refractivity contribution in [3.63, 3.8) is 0 Å². The Hall–Kier alpha value is -3.94. The van der Waals surface area contributed by atoms with Crippen molar-refractivity contribution >= 4 is 23.3 Å². The van der Waals surface area contributed by atoms with Gasteiger partial charge in [-0.3, -0.25) is 4.79 Å². The van der Waals surface area contributed by atoms with Crippen LogP contribution in [-0.4, -0.2) is 19.0 Å². The monoisotopic (exact) mass is 411 g/mol. The summed E-state index contributed by atoms with van der Waals surface area (Å²) >= 11 is 0. The fourth-order valence-corrected chi connectivity index (χ4v) is 2.67. The minimum Gasteiger partial charge on any atom is -0.489 e. The Morgan fingerprint density at radius 3 is 2.20 bits per heavy atom. The number of amides is 3. The van der Waals surface area contributed by atoms with Crippen LogP contribution in [0, 0.1) is 11.6 Å². The van der Waals surface area contributed by atoms with Crippen LogP contribution >= 0.6 is 0 Å². The quantitative estimate of drug-likeness (QED) is 0.557. The summed E-state index contributed by atoms with van der Waals surface area (Å²) in [6, 6.07) is 15.8. The maximum absolute atomic E-state index is 13.2. The molecule has 6 nitrogen and oxygen atoms in total. The predicted octanol–water partition coefficient (Wildman–Crippen LogP) is 4.55. The number of nitrogens with one attached hydrogen (secondary N) is 3. The second kappa shape index (κ2) is 9.51. The van der Waals surface area contributed by atoms with E-state index in [-0.39, 0.29) is 18.2 Å². The number of hydrogen-bond acceptors (Lipinski definition) is 3. The Labute approximate surface area is 171 Å². The number of urea groups is 1. The zero-order valence-corrected chi connectivity index (χ0v) is 16.0. The van der Waals surface area contributed by atoms with E-state index >= 15 is 0 Å². The molecular formula is C22H19F2N3O3. The third-order valence-electron chi connectivity index (χ3n) is 4.05.